The molecule has 0 radical (unpaired) electrons. The molecule has 1 aromatic heterocycles. The van der Waals surface area contributed by atoms with Crippen molar-refractivity contribution in [2.75, 3.05) is 5.73 Å². The van der Waals surface area contributed by atoms with Crippen molar-refractivity contribution in [3.63, 3.8) is 0 Å². The molecular formula is C21H21NO2. The van der Waals surface area contributed by atoms with E-state index < -0.39 is 0 Å². The Morgan fingerprint density at radius 3 is 2.38 bits per heavy atom. The van der Waals surface area contributed by atoms with E-state index in [-0.39, 0.29) is 11.5 Å². The van der Waals surface area contributed by atoms with Gasteiger partial charge in [-0.2, -0.15) is 0 Å². The van der Waals surface area contributed by atoms with E-state index in [2.05, 4.69) is 12.1 Å². The highest BCUT2D eigenvalue weighted by molar-refractivity contribution is 6.14. The van der Waals surface area contributed by atoms with Crippen molar-refractivity contribution < 1.29 is 9.21 Å². The number of carbonyl (C=O) groups is 1. The fourth-order valence-corrected chi connectivity index (χ4v) is 3.71. The SMILES string of the molecule is Nc1c(C(=O)c2ccc(C3CCCCC3)cc2)oc2ccccc12. The minimum Gasteiger partial charge on any atom is -0.450 e. The third-order valence-corrected chi connectivity index (χ3v) is 5.09. The number of nitrogens with two attached hydrogens (primary N) is 1. The summed E-state index contributed by atoms with van der Waals surface area (Å²) < 4.78 is 5.69. The molecule has 0 amide bonds. The van der Waals surface area contributed by atoms with E-state index in [1.807, 2.05) is 36.4 Å². The molecule has 4 rings (SSSR count). The van der Waals surface area contributed by atoms with Crippen LogP contribution < -0.4 is 5.73 Å². The van der Waals surface area contributed by atoms with Crippen LogP contribution in [0, 0.1) is 0 Å². The first-order valence-corrected chi connectivity index (χ1v) is 8.65. The molecule has 1 heterocycles. The lowest BCUT2D eigenvalue weighted by atomic mass is 9.84. The van der Waals surface area contributed by atoms with Crippen LogP contribution in [0.1, 0.15) is 59.7 Å². The first-order chi connectivity index (χ1) is 11.7. The highest BCUT2D eigenvalue weighted by atomic mass is 16.3. The Hall–Kier alpha value is -2.55. The van der Waals surface area contributed by atoms with Crippen LogP contribution in [0.4, 0.5) is 5.69 Å². The summed E-state index contributed by atoms with van der Waals surface area (Å²) in [6, 6.07) is 15.4. The number of benzene rings is 2. The van der Waals surface area contributed by atoms with Gasteiger partial charge in [-0.15, -0.1) is 0 Å². The Kier molecular flexibility index (Phi) is 3.85. The van der Waals surface area contributed by atoms with Crippen molar-refractivity contribution in [3.8, 4) is 0 Å². The molecule has 0 bridgehead atoms. The van der Waals surface area contributed by atoms with Gasteiger partial charge in [0.1, 0.15) is 5.58 Å². The summed E-state index contributed by atoms with van der Waals surface area (Å²) in [4.78, 5) is 12.8. The number of nitrogen functional groups attached to an aromatic ring is 1. The average molecular weight is 319 g/mol. The molecule has 0 saturated heterocycles. The van der Waals surface area contributed by atoms with Crippen LogP contribution in [0.15, 0.2) is 52.9 Å². The second-order valence-corrected chi connectivity index (χ2v) is 6.63. The van der Waals surface area contributed by atoms with Crippen molar-refractivity contribution in [1.82, 2.24) is 0 Å². The summed E-state index contributed by atoms with van der Waals surface area (Å²) >= 11 is 0. The van der Waals surface area contributed by atoms with Gasteiger partial charge in [0.25, 0.3) is 0 Å². The molecule has 1 aliphatic carbocycles. The van der Waals surface area contributed by atoms with Gasteiger partial charge in [-0.1, -0.05) is 55.7 Å². The molecule has 24 heavy (non-hydrogen) atoms. The van der Waals surface area contributed by atoms with E-state index in [9.17, 15) is 4.79 Å². The molecule has 0 spiro atoms. The number of ketones is 1. The number of rotatable bonds is 3. The number of hydrogen-bond acceptors (Lipinski definition) is 3. The number of para-hydroxylation sites is 1. The van der Waals surface area contributed by atoms with E-state index in [0.717, 1.165) is 5.39 Å². The maximum Gasteiger partial charge on any atom is 0.230 e. The van der Waals surface area contributed by atoms with Gasteiger partial charge in [-0.3, -0.25) is 4.79 Å². The zero-order chi connectivity index (χ0) is 16.5. The number of anilines is 1. The fraction of sp³-hybridized carbons (Fsp3) is 0.286. The lowest BCUT2D eigenvalue weighted by Crippen LogP contribution is -2.06. The summed E-state index contributed by atoms with van der Waals surface area (Å²) in [7, 11) is 0. The topological polar surface area (TPSA) is 56.2 Å². The minimum absolute atomic E-state index is 0.154. The van der Waals surface area contributed by atoms with Crippen molar-refractivity contribution in [1.29, 1.82) is 0 Å². The Balaban J connectivity index is 1.62. The lowest BCUT2D eigenvalue weighted by Gasteiger charge is -2.21. The van der Waals surface area contributed by atoms with Crippen LogP contribution in [0.3, 0.4) is 0 Å². The Labute approximate surface area is 141 Å². The number of hydrogen-bond donors (Lipinski definition) is 1. The molecule has 0 aliphatic heterocycles. The third-order valence-electron chi connectivity index (χ3n) is 5.09. The van der Waals surface area contributed by atoms with E-state index >= 15 is 0 Å². The molecule has 2 N–H and O–H groups in total. The number of fused-ring (bicyclic) bond motifs is 1. The first-order valence-electron chi connectivity index (χ1n) is 8.65. The monoisotopic (exact) mass is 319 g/mol. The summed E-state index contributed by atoms with van der Waals surface area (Å²) in [5.41, 5.74) is 9.14. The van der Waals surface area contributed by atoms with Crippen LogP contribution in [-0.2, 0) is 0 Å². The van der Waals surface area contributed by atoms with E-state index in [1.54, 1.807) is 0 Å². The molecule has 122 valence electrons. The smallest absolute Gasteiger partial charge is 0.230 e. The third kappa shape index (κ3) is 2.60. The molecule has 0 atom stereocenters. The second-order valence-electron chi connectivity index (χ2n) is 6.63. The van der Waals surface area contributed by atoms with Crippen LogP contribution in [0.25, 0.3) is 11.0 Å². The average Bonchev–Trinajstić information content (AvgIpc) is 2.99. The van der Waals surface area contributed by atoms with E-state index in [4.69, 9.17) is 10.2 Å². The zero-order valence-electron chi connectivity index (χ0n) is 13.6. The Bertz CT molecular complexity index is 870. The molecule has 1 aliphatic rings. The minimum atomic E-state index is -0.154. The lowest BCUT2D eigenvalue weighted by molar-refractivity contribution is 0.101. The molecule has 3 nitrogen and oxygen atoms in total. The van der Waals surface area contributed by atoms with Crippen molar-refractivity contribution in [2.45, 2.75) is 38.0 Å². The van der Waals surface area contributed by atoms with Crippen LogP contribution in [0.2, 0.25) is 0 Å². The van der Waals surface area contributed by atoms with E-state index in [1.165, 1.54) is 37.7 Å². The van der Waals surface area contributed by atoms with Gasteiger partial charge in [-0.05, 0) is 36.5 Å². The maximum atomic E-state index is 12.8. The van der Waals surface area contributed by atoms with Gasteiger partial charge in [0, 0.05) is 10.9 Å². The number of furan rings is 1. The molecule has 1 saturated carbocycles. The van der Waals surface area contributed by atoms with Crippen LogP contribution >= 0.6 is 0 Å². The van der Waals surface area contributed by atoms with E-state index in [0.29, 0.717) is 22.8 Å². The van der Waals surface area contributed by atoms with Gasteiger partial charge in [0.2, 0.25) is 5.78 Å². The van der Waals surface area contributed by atoms with Crippen LogP contribution in [-0.4, -0.2) is 5.78 Å². The molecular weight excluding hydrogens is 298 g/mol. The highest BCUT2D eigenvalue weighted by Gasteiger charge is 2.21. The normalized spacial score (nSPS) is 15.7. The second kappa shape index (κ2) is 6.16. The highest BCUT2D eigenvalue weighted by Crippen LogP contribution is 2.33. The summed E-state index contributed by atoms with van der Waals surface area (Å²) in [5.74, 6) is 0.722. The Morgan fingerprint density at radius 1 is 0.958 bits per heavy atom. The largest absolute Gasteiger partial charge is 0.450 e. The predicted octanol–water partition coefficient (Wildman–Crippen LogP) is 5.29. The first kappa shape index (κ1) is 15.0. The van der Waals surface area contributed by atoms with Gasteiger partial charge in [-0.25, -0.2) is 0 Å². The molecule has 3 aromatic rings. The fourth-order valence-electron chi connectivity index (χ4n) is 3.71. The quantitative estimate of drug-likeness (QED) is 0.667. The predicted molar refractivity (Wildman–Crippen MR) is 96.3 cm³/mol. The Morgan fingerprint density at radius 2 is 1.67 bits per heavy atom. The molecule has 0 unspecified atom stereocenters. The standard InChI is InChI=1S/C21H21NO2/c22-19-17-8-4-5-9-18(17)24-21(19)20(23)16-12-10-15(11-13-16)14-6-2-1-3-7-14/h4-5,8-14H,1-3,6-7,22H2. The van der Waals surface area contributed by atoms with Gasteiger partial charge < -0.3 is 10.2 Å². The zero-order valence-corrected chi connectivity index (χ0v) is 13.6. The van der Waals surface area contributed by atoms with Gasteiger partial charge in [0.15, 0.2) is 5.76 Å². The maximum absolute atomic E-state index is 12.8. The summed E-state index contributed by atoms with van der Waals surface area (Å²) in [6.45, 7) is 0. The molecule has 3 heteroatoms. The summed E-state index contributed by atoms with van der Waals surface area (Å²) in [5, 5.41) is 0.791. The van der Waals surface area contributed by atoms with Crippen molar-refractivity contribution >= 4 is 22.4 Å². The summed E-state index contributed by atoms with van der Waals surface area (Å²) in [6.07, 6.45) is 6.47. The van der Waals surface area contributed by atoms with Gasteiger partial charge >= 0.3 is 0 Å². The van der Waals surface area contributed by atoms with Gasteiger partial charge in [0.05, 0.1) is 5.69 Å². The molecule has 1 fully saturated rings. The number of carbonyl (C=O) groups excluding carboxylic acids is 1. The van der Waals surface area contributed by atoms with Crippen molar-refractivity contribution in [2.24, 2.45) is 0 Å². The molecule has 2 aromatic carbocycles. The van der Waals surface area contributed by atoms with Crippen molar-refractivity contribution in [3.05, 3.63) is 65.4 Å². The van der Waals surface area contributed by atoms with Crippen LogP contribution in [0.5, 0.6) is 0 Å².